The topological polar surface area (TPSA) is 35.1 Å². The number of furan rings is 1. The van der Waals surface area contributed by atoms with Crippen LogP contribution in [0, 0.1) is 5.92 Å². The quantitative estimate of drug-likeness (QED) is 0.130. The molecule has 0 fully saturated rings. The first-order valence-corrected chi connectivity index (χ1v) is 24.0. The Morgan fingerprint density at radius 3 is 2.34 bits per heavy atom. The lowest BCUT2D eigenvalue weighted by Crippen LogP contribution is -2.57. The second-order valence-electron chi connectivity index (χ2n) is 17.8. The van der Waals surface area contributed by atoms with Gasteiger partial charge in [0, 0.05) is 22.0 Å². The third kappa shape index (κ3) is 5.48. The average Bonchev–Trinajstić information content (AvgIpc) is 3.73. The Morgan fingerprint density at radius 2 is 1.55 bits per heavy atom. The minimum atomic E-state index is -1.76. The molecule has 2 aliphatic rings. The zero-order chi connectivity index (χ0) is 38.5. The van der Waals surface area contributed by atoms with Crippen LogP contribution in [-0.4, -0.2) is 19.2 Å². The molecule has 0 spiro atoms. The lowest BCUT2D eigenvalue weighted by Gasteiger charge is -2.31. The molecule has 2 unspecified atom stereocenters. The van der Waals surface area contributed by atoms with Gasteiger partial charge in [0.1, 0.15) is 34.7 Å². The highest BCUT2D eigenvalue weighted by Crippen LogP contribution is 2.47. The molecule has 3 aromatic heterocycles. The molecule has 5 aromatic carbocycles. The maximum Gasteiger partial charge on any atom is 0.298 e. The van der Waals surface area contributed by atoms with Crippen molar-refractivity contribution < 1.29 is 18.3 Å². The van der Waals surface area contributed by atoms with Crippen LogP contribution in [0.5, 0.6) is 5.75 Å². The third-order valence-electron chi connectivity index (χ3n) is 12.3. The molecular weight excluding hydrogens is 703 g/mol. The molecule has 10 rings (SSSR count). The highest BCUT2D eigenvalue weighted by Gasteiger charge is 2.47. The summed E-state index contributed by atoms with van der Waals surface area (Å²) < 4.78 is 21.8. The Kier molecular flexibility index (Phi) is 8.16. The summed E-state index contributed by atoms with van der Waals surface area (Å²) in [5, 5.41) is 3.89. The molecule has 6 heteroatoms. The van der Waals surface area contributed by atoms with Crippen molar-refractivity contribution in [2.75, 3.05) is 6.61 Å². The fourth-order valence-electron chi connectivity index (χ4n) is 9.66. The largest absolute Gasteiger partial charge is 0.486 e. The number of pyridine rings is 1. The summed E-state index contributed by atoms with van der Waals surface area (Å²) in [7, 11) is -1.76. The molecule has 0 radical (unpaired) electrons. The SMILES string of the molecule is CC(C)Cc1cc2[n+](cc1[Si](C)(C)C)C1COc3ccccc3-c3n(-c4ccccc4)c4ccccc4[n+]3CC1c1ccc3c(oc4cc(C(C)C)ccc43)c1-2. The van der Waals surface area contributed by atoms with E-state index in [4.69, 9.17) is 9.15 Å². The van der Waals surface area contributed by atoms with Crippen LogP contribution in [0.3, 0.4) is 0 Å². The van der Waals surface area contributed by atoms with Crippen LogP contribution in [0.15, 0.2) is 126 Å². The van der Waals surface area contributed by atoms with Gasteiger partial charge in [-0.25, -0.2) is 4.57 Å². The summed E-state index contributed by atoms with van der Waals surface area (Å²) >= 11 is 0. The maximum absolute atomic E-state index is 7.13. The van der Waals surface area contributed by atoms with E-state index in [1.165, 1.54) is 54.9 Å². The van der Waals surface area contributed by atoms with Gasteiger partial charge in [-0.2, -0.15) is 9.13 Å². The average molecular weight is 754 g/mol. The van der Waals surface area contributed by atoms with Crippen LogP contribution in [0.1, 0.15) is 62.3 Å². The van der Waals surface area contributed by atoms with Gasteiger partial charge in [0.2, 0.25) is 11.7 Å². The molecule has 0 aliphatic carbocycles. The highest BCUT2D eigenvalue weighted by molar-refractivity contribution is 6.89. The Labute approximate surface area is 330 Å². The van der Waals surface area contributed by atoms with Crippen LogP contribution < -0.4 is 19.1 Å². The van der Waals surface area contributed by atoms with Crippen molar-refractivity contribution in [1.29, 1.82) is 0 Å². The highest BCUT2D eigenvalue weighted by atomic mass is 28.3. The number of rotatable bonds is 5. The lowest BCUT2D eigenvalue weighted by molar-refractivity contribution is -0.734. The van der Waals surface area contributed by atoms with Crippen LogP contribution >= 0.6 is 0 Å². The van der Waals surface area contributed by atoms with Crippen LogP contribution in [0.25, 0.3) is 61.3 Å². The number of nitrogens with zero attached hydrogens (tertiary/aromatic N) is 3. The van der Waals surface area contributed by atoms with E-state index in [0.717, 1.165) is 47.0 Å². The van der Waals surface area contributed by atoms with Crippen molar-refractivity contribution in [1.82, 2.24) is 4.57 Å². The van der Waals surface area contributed by atoms with Crippen molar-refractivity contribution in [2.24, 2.45) is 5.92 Å². The molecule has 280 valence electrons. The van der Waals surface area contributed by atoms with Crippen LogP contribution in [0.2, 0.25) is 19.6 Å². The monoisotopic (exact) mass is 753 g/mol. The van der Waals surface area contributed by atoms with E-state index in [2.05, 4.69) is 182 Å². The molecular formula is C50H51N3O2Si+2. The summed E-state index contributed by atoms with van der Waals surface area (Å²) in [6.45, 7) is 18.0. The summed E-state index contributed by atoms with van der Waals surface area (Å²) in [4.78, 5) is 0. The van der Waals surface area contributed by atoms with Gasteiger partial charge in [-0.15, -0.1) is 0 Å². The number of aromatic nitrogens is 3. The van der Waals surface area contributed by atoms with Gasteiger partial charge >= 0.3 is 0 Å². The molecule has 0 N–H and O–H groups in total. The predicted octanol–water partition coefficient (Wildman–Crippen LogP) is 11.0. The predicted molar refractivity (Wildman–Crippen MR) is 231 cm³/mol. The summed E-state index contributed by atoms with van der Waals surface area (Å²) in [5.41, 5.74) is 13.1. The van der Waals surface area contributed by atoms with E-state index < -0.39 is 8.07 Å². The second kappa shape index (κ2) is 13.1. The second-order valence-corrected chi connectivity index (χ2v) is 22.9. The number of hydrogen-bond acceptors (Lipinski definition) is 2. The molecule has 0 saturated heterocycles. The Hall–Kier alpha value is -5.46. The Balaban J connectivity index is 1.30. The van der Waals surface area contributed by atoms with Crippen molar-refractivity contribution in [3.05, 3.63) is 138 Å². The van der Waals surface area contributed by atoms with E-state index in [1.54, 1.807) is 0 Å². The summed E-state index contributed by atoms with van der Waals surface area (Å²) in [5.74, 6) is 3.09. The zero-order valence-corrected chi connectivity index (χ0v) is 34.6. The number of benzene rings is 5. The number of imidazole rings is 1. The van der Waals surface area contributed by atoms with Crippen molar-refractivity contribution >= 4 is 46.2 Å². The number of ether oxygens (including phenoxy) is 1. The zero-order valence-electron chi connectivity index (χ0n) is 33.6. The molecule has 0 bridgehead atoms. The van der Waals surface area contributed by atoms with Gasteiger partial charge in [0.05, 0.1) is 19.6 Å². The van der Waals surface area contributed by atoms with E-state index in [0.29, 0.717) is 18.4 Å². The normalized spacial score (nSPS) is 16.5. The van der Waals surface area contributed by atoms with Crippen LogP contribution in [-0.2, 0) is 13.0 Å². The van der Waals surface area contributed by atoms with Gasteiger partial charge in [-0.05, 0) is 77.4 Å². The number of fused-ring (bicyclic) bond motifs is 15. The van der Waals surface area contributed by atoms with E-state index in [-0.39, 0.29) is 12.0 Å². The van der Waals surface area contributed by atoms with E-state index in [9.17, 15) is 0 Å². The van der Waals surface area contributed by atoms with Crippen molar-refractivity contribution in [2.45, 2.75) is 78.2 Å². The van der Waals surface area contributed by atoms with Gasteiger partial charge < -0.3 is 9.15 Å². The first-order chi connectivity index (χ1) is 27.1. The standard InChI is InChI=1S/C50H51N3O2Si/c1-31(2)25-34-26-43-48-37(23-24-38-36-22-21-33(32(3)4)27-46(36)55-49(38)48)40-28-52-41-18-12-13-19-42(41)53(35-15-9-8-10-16-35)50(52)39-17-11-14-20-45(39)54-30-44(40)51(43)29-47(34)56(5,6)7/h8-24,26-27,29,31-32,40,44H,25,28,30H2,1-7H3/q+2. The molecule has 2 aliphatic heterocycles. The smallest absolute Gasteiger partial charge is 0.298 e. The first-order valence-electron chi connectivity index (χ1n) is 20.5. The maximum atomic E-state index is 7.13. The van der Waals surface area contributed by atoms with E-state index in [1.807, 2.05) is 0 Å². The molecule has 56 heavy (non-hydrogen) atoms. The van der Waals surface area contributed by atoms with Crippen LogP contribution in [0.4, 0.5) is 0 Å². The Morgan fingerprint density at radius 1 is 0.804 bits per heavy atom. The number of para-hydroxylation sites is 4. The van der Waals surface area contributed by atoms with Gasteiger partial charge in [-0.1, -0.05) is 114 Å². The first kappa shape index (κ1) is 35.0. The van der Waals surface area contributed by atoms with Gasteiger partial charge in [0.25, 0.3) is 5.82 Å². The lowest BCUT2D eigenvalue weighted by atomic mass is 9.81. The molecule has 2 atom stereocenters. The molecule has 8 aromatic rings. The number of hydrogen-bond donors (Lipinski definition) is 0. The third-order valence-corrected chi connectivity index (χ3v) is 14.4. The summed E-state index contributed by atoms with van der Waals surface area (Å²) in [6, 6.07) is 42.4. The molecule has 5 nitrogen and oxygen atoms in total. The van der Waals surface area contributed by atoms with E-state index >= 15 is 0 Å². The molecule has 0 amide bonds. The molecule has 0 saturated carbocycles. The molecule has 5 heterocycles. The Bertz CT molecular complexity index is 2820. The fraction of sp³-hybridized carbons (Fsp3) is 0.280. The van der Waals surface area contributed by atoms with Gasteiger partial charge in [0.15, 0.2) is 23.8 Å². The van der Waals surface area contributed by atoms with Crippen molar-refractivity contribution in [3.8, 4) is 34.1 Å². The minimum absolute atomic E-state index is 0.0421. The van der Waals surface area contributed by atoms with Crippen molar-refractivity contribution in [3.63, 3.8) is 0 Å². The fourth-order valence-corrected chi connectivity index (χ4v) is 11.3. The minimum Gasteiger partial charge on any atom is -0.486 e. The van der Waals surface area contributed by atoms with Gasteiger partial charge in [-0.3, -0.25) is 0 Å². The summed E-state index contributed by atoms with van der Waals surface area (Å²) in [6.07, 6.45) is 3.59.